The third-order valence-electron chi connectivity index (χ3n) is 11.4. The molecule has 6 nitrogen and oxygen atoms in total. The standard InChI is InChI=1S/C24H28N2O.C22H25BrN2O/c1-5-17-14-20-7-6-19-12-16(2)13-21(27-4)22(19)23(24(20)25-15-17)18-8-10-26(3)11-9-18;1-14-10-16-4-5-17-12-18(23)13-24-22(17)21(20(16)19(11-14)26-3)15-6-8-25(2)9-7-15/h5,12-15H,1,6-11H2,2-4H3;10-13H,4-9H2,1-3H3. The minimum Gasteiger partial charge on any atom is -0.496 e. The summed E-state index contributed by atoms with van der Waals surface area (Å²) in [7, 11) is 7.98. The molecule has 0 amide bonds. The van der Waals surface area contributed by atoms with Crippen LogP contribution in [-0.4, -0.2) is 74.3 Å². The lowest BCUT2D eigenvalue weighted by atomic mass is 9.87. The van der Waals surface area contributed by atoms with Crippen LogP contribution in [-0.2, 0) is 25.7 Å². The molecule has 8 rings (SSSR count). The number of hydrogen-bond donors (Lipinski definition) is 0. The molecule has 2 aromatic carbocycles. The Hall–Kier alpha value is -4.04. The van der Waals surface area contributed by atoms with Crippen LogP contribution in [0.4, 0.5) is 0 Å². The van der Waals surface area contributed by atoms with Gasteiger partial charge >= 0.3 is 0 Å². The topological polar surface area (TPSA) is 50.7 Å². The number of aryl methyl sites for hydroxylation is 6. The second-order valence-corrected chi connectivity index (χ2v) is 16.1. The Morgan fingerprint density at radius 3 is 1.49 bits per heavy atom. The van der Waals surface area contributed by atoms with Crippen molar-refractivity contribution in [2.24, 2.45) is 0 Å². The summed E-state index contributed by atoms with van der Waals surface area (Å²) in [5.41, 5.74) is 19.5. The number of ether oxygens (including phenoxy) is 2. The van der Waals surface area contributed by atoms with Crippen LogP contribution < -0.4 is 9.47 Å². The fourth-order valence-corrected chi connectivity index (χ4v) is 9.01. The Labute approximate surface area is 324 Å². The number of halogens is 1. The Morgan fingerprint density at radius 2 is 1.04 bits per heavy atom. The first-order valence-electron chi connectivity index (χ1n) is 19.1. The Bertz CT molecular complexity index is 2100. The average molecular weight is 774 g/mol. The van der Waals surface area contributed by atoms with Gasteiger partial charge in [0.25, 0.3) is 0 Å². The summed E-state index contributed by atoms with van der Waals surface area (Å²) in [4.78, 5) is 14.6. The lowest BCUT2D eigenvalue weighted by Crippen LogP contribution is -2.27. The van der Waals surface area contributed by atoms with Crippen molar-refractivity contribution in [3.05, 3.63) is 132 Å². The highest BCUT2D eigenvalue weighted by Crippen LogP contribution is 2.44. The van der Waals surface area contributed by atoms with E-state index >= 15 is 0 Å². The van der Waals surface area contributed by atoms with Gasteiger partial charge in [-0.2, -0.15) is 0 Å². The molecule has 7 heteroatoms. The summed E-state index contributed by atoms with van der Waals surface area (Å²) in [5.74, 6) is 1.97. The van der Waals surface area contributed by atoms with Crippen molar-refractivity contribution in [3.8, 4) is 11.5 Å². The maximum Gasteiger partial charge on any atom is 0.127 e. The van der Waals surface area contributed by atoms with Crippen LogP contribution in [0.5, 0.6) is 11.5 Å². The molecule has 2 fully saturated rings. The number of aromatic nitrogens is 2. The van der Waals surface area contributed by atoms with Gasteiger partial charge in [0.2, 0.25) is 0 Å². The Kier molecular flexibility index (Phi) is 11.4. The summed E-state index contributed by atoms with van der Waals surface area (Å²) in [5, 5.41) is 0. The van der Waals surface area contributed by atoms with E-state index in [0.717, 1.165) is 110 Å². The van der Waals surface area contributed by atoms with E-state index in [1.54, 1.807) is 14.2 Å². The van der Waals surface area contributed by atoms with Gasteiger partial charge in [0.05, 0.1) is 25.6 Å². The number of methoxy groups -OCH3 is 2. The van der Waals surface area contributed by atoms with Crippen molar-refractivity contribution in [1.82, 2.24) is 19.8 Å². The molecule has 276 valence electrons. The van der Waals surface area contributed by atoms with Gasteiger partial charge < -0.3 is 19.3 Å². The molecule has 0 unspecified atom stereocenters. The molecule has 0 spiro atoms. The van der Waals surface area contributed by atoms with Gasteiger partial charge in [0, 0.05) is 65.3 Å². The number of likely N-dealkylation sites (tertiary alicyclic amines) is 2. The number of hydrogen-bond acceptors (Lipinski definition) is 6. The molecule has 0 N–H and O–H groups in total. The highest BCUT2D eigenvalue weighted by Gasteiger charge is 2.29. The summed E-state index contributed by atoms with van der Waals surface area (Å²) in [6, 6.07) is 13.5. The van der Waals surface area contributed by atoms with Gasteiger partial charge in [0.15, 0.2) is 0 Å². The second-order valence-electron chi connectivity index (χ2n) is 15.2. The summed E-state index contributed by atoms with van der Waals surface area (Å²) in [6.45, 7) is 12.6. The summed E-state index contributed by atoms with van der Waals surface area (Å²) in [6.07, 6.45) is 14.2. The van der Waals surface area contributed by atoms with Crippen LogP contribution in [0.25, 0.3) is 17.2 Å². The van der Waals surface area contributed by atoms with Gasteiger partial charge in [-0.05, 0) is 158 Å². The van der Waals surface area contributed by atoms with E-state index in [4.69, 9.17) is 19.4 Å². The Morgan fingerprint density at radius 1 is 0.604 bits per heavy atom. The molecule has 0 radical (unpaired) electrons. The average Bonchev–Trinajstić information content (AvgIpc) is 3.42. The maximum atomic E-state index is 5.86. The predicted molar refractivity (Wildman–Crippen MR) is 222 cm³/mol. The van der Waals surface area contributed by atoms with Gasteiger partial charge in [0.1, 0.15) is 11.5 Å². The van der Waals surface area contributed by atoms with E-state index in [1.807, 2.05) is 18.5 Å². The lowest BCUT2D eigenvalue weighted by Gasteiger charge is -2.27. The molecule has 4 heterocycles. The Balaban J connectivity index is 0.000000164. The first-order valence-corrected chi connectivity index (χ1v) is 19.9. The molecule has 2 aliphatic carbocycles. The smallest absolute Gasteiger partial charge is 0.127 e. The second kappa shape index (κ2) is 16.1. The normalized spacial score (nSPS) is 17.3. The zero-order valence-electron chi connectivity index (χ0n) is 32.4. The zero-order valence-corrected chi connectivity index (χ0v) is 34.0. The molecule has 0 saturated carbocycles. The fourth-order valence-electron chi connectivity index (χ4n) is 8.63. The SMILES string of the molecule is C=Cc1cnc2c(c1)CCc1cc(C)cc(OC)c1C2=C1CCN(C)CC1.COc1cc(C)cc2c1C(=C1CCN(C)CC1)c1ncc(Br)cc1CC2. The summed E-state index contributed by atoms with van der Waals surface area (Å²) < 4.78 is 12.8. The van der Waals surface area contributed by atoms with Crippen LogP contribution in [0.1, 0.15) is 87.1 Å². The van der Waals surface area contributed by atoms with Gasteiger partial charge in [-0.3, -0.25) is 9.97 Å². The monoisotopic (exact) mass is 772 g/mol. The van der Waals surface area contributed by atoms with Crippen molar-refractivity contribution in [2.75, 3.05) is 54.5 Å². The molecule has 0 atom stereocenters. The lowest BCUT2D eigenvalue weighted by molar-refractivity contribution is 0.313. The minimum absolute atomic E-state index is 0.980. The number of rotatable bonds is 3. The maximum absolute atomic E-state index is 5.86. The van der Waals surface area contributed by atoms with Crippen molar-refractivity contribution in [1.29, 1.82) is 0 Å². The molecule has 4 aromatic rings. The first-order chi connectivity index (χ1) is 25.7. The van der Waals surface area contributed by atoms with Crippen molar-refractivity contribution in [3.63, 3.8) is 0 Å². The quantitative estimate of drug-likeness (QED) is 0.207. The molecule has 2 aromatic heterocycles. The molecule has 4 aliphatic rings. The highest BCUT2D eigenvalue weighted by molar-refractivity contribution is 9.10. The molecule has 53 heavy (non-hydrogen) atoms. The molecule has 2 aliphatic heterocycles. The molecule has 0 bridgehead atoms. The van der Waals surface area contributed by atoms with Crippen molar-refractivity contribution >= 4 is 33.2 Å². The number of benzene rings is 2. The van der Waals surface area contributed by atoms with Crippen LogP contribution in [0.3, 0.4) is 0 Å². The van der Waals surface area contributed by atoms with E-state index in [0.29, 0.717) is 0 Å². The van der Waals surface area contributed by atoms with Crippen molar-refractivity contribution in [2.45, 2.75) is 65.2 Å². The van der Waals surface area contributed by atoms with Crippen LogP contribution in [0, 0.1) is 13.8 Å². The van der Waals surface area contributed by atoms with Gasteiger partial charge in [-0.1, -0.05) is 35.9 Å². The number of fused-ring (bicyclic) bond motifs is 4. The van der Waals surface area contributed by atoms with E-state index in [-0.39, 0.29) is 0 Å². The van der Waals surface area contributed by atoms with E-state index < -0.39 is 0 Å². The van der Waals surface area contributed by atoms with Crippen LogP contribution in [0.2, 0.25) is 0 Å². The third-order valence-corrected chi connectivity index (χ3v) is 11.9. The zero-order chi connectivity index (χ0) is 37.2. The largest absolute Gasteiger partial charge is 0.496 e. The molecular formula is C46H53BrN4O2. The molecular weight excluding hydrogens is 720 g/mol. The number of piperidine rings is 2. The first kappa shape index (κ1) is 37.3. The number of pyridine rings is 2. The predicted octanol–water partition coefficient (Wildman–Crippen LogP) is 9.45. The van der Waals surface area contributed by atoms with Gasteiger partial charge in [-0.15, -0.1) is 0 Å². The molecule has 2 saturated heterocycles. The van der Waals surface area contributed by atoms with Crippen LogP contribution in [0.15, 0.2) is 71.0 Å². The summed E-state index contributed by atoms with van der Waals surface area (Å²) >= 11 is 3.60. The fraction of sp³-hybridized carbons (Fsp3) is 0.391. The van der Waals surface area contributed by atoms with E-state index in [9.17, 15) is 0 Å². The highest BCUT2D eigenvalue weighted by atomic mass is 79.9. The van der Waals surface area contributed by atoms with Gasteiger partial charge in [-0.25, -0.2) is 0 Å². The number of nitrogens with zero attached hydrogens (tertiary/aromatic N) is 4. The van der Waals surface area contributed by atoms with E-state index in [1.165, 1.54) is 66.8 Å². The van der Waals surface area contributed by atoms with Crippen LogP contribution >= 0.6 is 15.9 Å². The minimum atomic E-state index is 0.980. The van der Waals surface area contributed by atoms with Crippen molar-refractivity contribution < 1.29 is 9.47 Å². The third kappa shape index (κ3) is 7.80. The van der Waals surface area contributed by atoms with E-state index in [2.05, 4.69) is 96.6 Å².